The Balaban J connectivity index is 1.18. The second-order valence-corrected chi connectivity index (χ2v) is 9.97. The number of benzene rings is 2. The van der Waals surface area contributed by atoms with Crippen LogP contribution in [0.3, 0.4) is 0 Å². The number of nitrogens with one attached hydrogen (secondary N) is 3. The number of halogens is 1. The second-order valence-electron chi connectivity index (χ2n) is 9.11. The zero-order valence-corrected chi connectivity index (χ0v) is 21.9. The van der Waals surface area contributed by atoms with Crippen molar-refractivity contribution in [1.29, 1.82) is 0 Å². The summed E-state index contributed by atoms with van der Waals surface area (Å²) >= 11 is 3.46. The molecule has 3 aliphatic rings. The first-order chi connectivity index (χ1) is 18.0. The molecular weight excluding hydrogens is 542 g/mol. The van der Waals surface area contributed by atoms with E-state index in [4.69, 9.17) is 9.47 Å². The first kappa shape index (κ1) is 25.4. The molecule has 0 spiro atoms. The Morgan fingerprint density at radius 2 is 1.97 bits per heavy atom. The van der Waals surface area contributed by atoms with Crippen LogP contribution in [0.5, 0.6) is 5.75 Å². The summed E-state index contributed by atoms with van der Waals surface area (Å²) in [4.78, 5) is 40.1. The van der Waals surface area contributed by atoms with E-state index < -0.39 is 5.91 Å². The predicted molar refractivity (Wildman–Crippen MR) is 141 cm³/mol. The van der Waals surface area contributed by atoms with Crippen LogP contribution in [0.4, 0.5) is 5.69 Å². The first-order valence-corrected chi connectivity index (χ1v) is 13.1. The second kappa shape index (κ2) is 11.4. The maximum atomic E-state index is 12.7. The standard InChI is InChI=1S/C26H28BrN5O5/c27-19-14-18(25(34)28-5-1-6-32-7-10-36-11-8-32)15-20-23(19)24(26(35)29-20)31-30-22(33)13-16-2-3-21-17(12-16)4-9-37-21/h2-3,12,14-15H,1,4-11,13H2,(H,28,34)(H,30,33)(H,29,31,35). The third-order valence-corrected chi connectivity index (χ3v) is 7.13. The smallest absolute Gasteiger partial charge is 0.276 e. The summed E-state index contributed by atoms with van der Waals surface area (Å²) in [6, 6.07) is 8.94. The molecule has 10 nitrogen and oxygen atoms in total. The number of ether oxygens (including phenoxy) is 2. The van der Waals surface area contributed by atoms with Crippen LogP contribution >= 0.6 is 15.9 Å². The van der Waals surface area contributed by atoms with Crippen LogP contribution < -0.4 is 20.8 Å². The lowest BCUT2D eigenvalue weighted by molar-refractivity contribution is -0.120. The van der Waals surface area contributed by atoms with Crippen LogP contribution in [0, 0.1) is 0 Å². The number of anilines is 1. The number of carbonyl (C=O) groups is 3. The van der Waals surface area contributed by atoms with E-state index in [9.17, 15) is 14.4 Å². The Hall–Kier alpha value is -3.28. The fourth-order valence-electron chi connectivity index (χ4n) is 4.60. The van der Waals surface area contributed by atoms with Crippen LogP contribution in [0.15, 0.2) is 39.9 Å². The summed E-state index contributed by atoms with van der Waals surface area (Å²) in [5.41, 5.74) is 5.88. The van der Waals surface area contributed by atoms with Crippen molar-refractivity contribution in [3.8, 4) is 5.75 Å². The number of amides is 3. The van der Waals surface area contributed by atoms with Crippen molar-refractivity contribution in [2.45, 2.75) is 19.3 Å². The minimum absolute atomic E-state index is 0.0787. The maximum absolute atomic E-state index is 12.7. The SMILES string of the molecule is O=C(Cc1ccc2c(c1)CCO2)N/N=C1\C(=O)Nc2cc(C(=O)NCCCN3CCOCC3)cc(Br)c21. The van der Waals surface area contributed by atoms with Gasteiger partial charge in [-0.2, -0.15) is 5.10 Å². The highest BCUT2D eigenvalue weighted by molar-refractivity contribution is 9.10. The summed E-state index contributed by atoms with van der Waals surface area (Å²) in [6.45, 7) is 5.44. The van der Waals surface area contributed by atoms with Crippen molar-refractivity contribution in [3.05, 3.63) is 57.1 Å². The molecule has 3 heterocycles. The van der Waals surface area contributed by atoms with E-state index >= 15 is 0 Å². The Bertz CT molecular complexity index is 1260. The molecule has 194 valence electrons. The number of rotatable bonds is 8. The summed E-state index contributed by atoms with van der Waals surface area (Å²) in [6.07, 6.45) is 1.79. The van der Waals surface area contributed by atoms with E-state index in [1.54, 1.807) is 12.1 Å². The average molecular weight is 570 g/mol. The molecule has 0 radical (unpaired) electrons. The van der Waals surface area contributed by atoms with Gasteiger partial charge in [-0.1, -0.05) is 12.1 Å². The van der Waals surface area contributed by atoms with Gasteiger partial charge in [0.05, 0.1) is 31.9 Å². The van der Waals surface area contributed by atoms with E-state index in [-0.39, 0.29) is 23.9 Å². The van der Waals surface area contributed by atoms with Crippen LogP contribution in [0.2, 0.25) is 0 Å². The van der Waals surface area contributed by atoms with E-state index in [1.807, 2.05) is 18.2 Å². The first-order valence-electron chi connectivity index (χ1n) is 12.3. The number of fused-ring (bicyclic) bond motifs is 2. The number of morpholine rings is 1. The van der Waals surface area contributed by atoms with E-state index in [2.05, 4.69) is 42.0 Å². The van der Waals surface area contributed by atoms with Crippen LogP contribution in [-0.4, -0.2) is 74.3 Å². The minimum Gasteiger partial charge on any atom is -0.493 e. The Labute approximate surface area is 222 Å². The van der Waals surface area contributed by atoms with Gasteiger partial charge in [0, 0.05) is 41.7 Å². The monoisotopic (exact) mass is 569 g/mol. The molecule has 3 aliphatic heterocycles. The Kier molecular flexibility index (Phi) is 7.82. The molecule has 0 unspecified atom stereocenters. The van der Waals surface area contributed by atoms with Gasteiger partial charge >= 0.3 is 0 Å². The summed E-state index contributed by atoms with van der Waals surface area (Å²) in [7, 11) is 0. The molecule has 0 atom stereocenters. The Morgan fingerprint density at radius 1 is 1.14 bits per heavy atom. The van der Waals surface area contributed by atoms with Crippen LogP contribution in [0.25, 0.3) is 0 Å². The molecule has 5 rings (SSSR count). The Morgan fingerprint density at radius 3 is 2.81 bits per heavy atom. The molecule has 37 heavy (non-hydrogen) atoms. The lowest BCUT2D eigenvalue weighted by atomic mass is 10.1. The molecule has 2 aromatic rings. The van der Waals surface area contributed by atoms with Gasteiger partial charge < -0.3 is 20.1 Å². The van der Waals surface area contributed by atoms with Crippen molar-refractivity contribution in [3.63, 3.8) is 0 Å². The third-order valence-electron chi connectivity index (χ3n) is 6.50. The predicted octanol–water partition coefficient (Wildman–Crippen LogP) is 1.85. The number of hydrogen-bond donors (Lipinski definition) is 3. The summed E-state index contributed by atoms with van der Waals surface area (Å²) < 4.78 is 11.4. The molecule has 3 amide bonds. The molecule has 1 fully saturated rings. The fourth-order valence-corrected chi connectivity index (χ4v) is 5.25. The lowest BCUT2D eigenvalue weighted by Gasteiger charge is -2.26. The van der Waals surface area contributed by atoms with Gasteiger partial charge in [-0.3, -0.25) is 19.3 Å². The molecule has 2 aromatic carbocycles. The molecule has 11 heteroatoms. The van der Waals surface area contributed by atoms with Gasteiger partial charge in [0.15, 0.2) is 5.71 Å². The topological polar surface area (TPSA) is 121 Å². The van der Waals surface area contributed by atoms with Gasteiger partial charge in [-0.05, 0) is 58.2 Å². The van der Waals surface area contributed by atoms with E-state index in [1.165, 1.54) is 0 Å². The number of hydrazone groups is 1. The lowest BCUT2D eigenvalue weighted by Crippen LogP contribution is -2.38. The van der Waals surface area contributed by atoms with Crippen LogP contribution in [0.1, 0.15) is 33.5 Å². The largest absolute Gasteiger partial charge is 0.493 e. The maximum Gasteiger partial charge on any atom is 0.276 e. The molecule has 0 bridgehead atoms. The van der Waals surface area contributed by atoms with Gasteiger partial charge in [-0.15, -0.1) is 0 Å². The zero-order valence-electron chi connectivity index (χ0n) is 20.3. The van der Waals surface area contributed by atoms with Gasteiger partial charge in [0.1, 0.15) is 5.75 Å². The van der Waals surface area contributed by atoms with Crippen LogP contribution in [-0.2, 0) is 27.2 Å². The van der Waals surface area contributed by atoms with E-state index in [0.29, 0.717) is 34.4 Å². The van der Waals surface area contributed by atoms with Gasteiger partial charge in [0.25, 0.3) is 11.8 Å². The average Bonchev–Trinajstić information content (AvgIpc) is 3.49. The highest BCUT2D eigenvalue weighted by Gasteiger charge is 2.30. The molecule has 1 saturated heterocycles. The molecular formula is C26H28BrN5O5. The highest BCUT2D eigenvalue weighted by atomic mass is 79.9. The highest BCUT2D eigenvalue weighted by Crippen LogP contribution is 2.32. The number of hydrogen-bond acceptors (Lipinski definition) is 7. The summed E-state index contributed by atoms with van der Waals surface area (Å²) in [5, 5.41) is 9.76. The molecule has 3 N–H and O–H groups in total. The van der Waals surface area contributed by atoms with Crippen molar-refractivity contribution in [2.75, 3.05) is 51.3 Å². The summed E-state index contributed by atoms with van der Waals surface area (Å²) in [5.74, 6) is -0.154. The fraction of sp³-hybridized carbons (Fsp3) is 0.385. The molecule has 0 aromatic heterocycles. The van der Waals surface area contributed by atoms with Crippen molar-refractivity contribution in [2.24, 2.45) is 5.10 Å². The molecule has 0 aliphatic carbocycles. The number of carbonyl (C=O) groups excluding carboxylic acids is 3. The van der Waals surface area contributed by atoms with Crippen molar-refractivity contribution >= 4 is 45.1 Å². The number of nitrogens with zero attached hydrogens (tertiary/aromatic N) is 2. The minimum atomic E-state index is -0.450. The van der Waals surface area contributed by atoms with Gasteiger partial charge in [-0.25, -0.2) is 5.43 Å². The normalized spacial score (nSPS) is 17.6. The molecule has 0 saturated carbocycles. The zero-order chi connectivity index (χ0) is 25.8. The quantitative estimate of drug-likeness (QED) is 0.329. The van der Waals surface area contributed by atoms with E-state index in [0.717, 1.165) is 62.6 Å². The van der Waals surface area contributed by atoms with Gasteiger partial charge in [0.2, 0.25) is 5.91 Å². The van der Waals surface area contributed by atoms with Crippen molar-refractivity contribution in [1.82, 2.24) is 15.6 Å². The third kappa shape index (κ3) is 6.00. The van der Waals surface area contributed by atoms with Crippen molar-refractivity contribution < 1.29 is 23.9 Å².